The van der Waals surface area contributed by atoms with Crippen LogP contribution in [-0.2, 0) is 18.9 Å². The first-order valence-corrected chi connectivity index (χ1v) is 15.1. The lowest BCUT2D eigenvalue weighted by Crippen LogP contribution is -2.65. The largest absolute Gasteiger partial charge is 0.481 e. The summed E-state index contributed by atoms with van der Waals surface area (Å²) in [6.45, 7) is 13.2. The van der Waals surface area contributed by atoms with Crippen LogP contribution >= 0.6 is 0 Å². The van der Waals surface area contributed by atoms with Crippen molar-refractivity contribution in [2.75, 3.05) is 6.54 Å². The molecule has 13 heteroatoms. The summed E-state index contributed by atoms with van der Waals surface area (Å²) in [6.07, 6.45) is 9.44. The number of aliphatic imine (C=N–C) groups is 1. The van der Waals surface area contributed by atoms with E-state index in [1.807, 2.05) is 0 Å². The summed E-state index contributed by atoms with van der Waals surface area (Å²) >= 11 is 0. The van der Waals surface area contributed by atoms with Crippen LogP contribution < -0.4 is 21.8 Å². The van der Waals surface area contributed by atoms with Gasteiger partial charge in [-0.15, -0.1) is 0 Å². The molecule has 12 nitrogen and oxygen atoms in total. The number of nitrogens with one attached hydrogen (secondary N) is 3. The number of carbonyl (C=O) groups excluding carboxylic acids is 2. The second kappa shape index (κ2) is 14.0. The van der Waals surface area contributed by atoms with Gasteiger partial charge in [0, 0.05) is 6.54 Å². The van der Waals surface area contributed by atoms with Crippen molar-refractivity contribution in [2.45, 2.75) is 117 Å². The number of allylic oxidation sites excluding steroid dienone is 1. The minimum atomic E-state index is -0.834. The van der Waals surface area contributed by atoms with Gasteiger partial charge in [-0.05, 0) is 74.7 Å². The van der Waals surface area contributed by atoms with E-state index in [4.69, 9.17) is 15.0 Å². The maximum atomic E-state index is 13.6. The molecule has 1 aliphatic heterocycles. The quantitative estimate of drug-likeness (QED) is 0.0439. The zero-order valence-electron chi connectivity index (χ0n) is 25.5. The van der Waals surface area contributed by atoms with Gasteiger partial charge in [0.1, 0.15) is 6.04 Å². The molecule has 6 atom stereocenters. The average molecular weight is 577 g/mol. The molecule has 0 unspecified atom stereocenters. The molecule has 2 amide bonds. The smallest absolute Gasteiger partial charge is 0.404 e. The highest BCUT2D eigenvalue weighted by molar-refractivity contribution is 6.48. The predicted octanol–water partition coefficient (Wildman–Crippen LogP) is 2.89. The summed E-state index contributed by atoms with van der Waals surface area (Å²) < 4.78 is 13.2. The lowest BCUT2D eigenvalue weighted by molar-refractivity contribution is -0.525. The summed E-state index contributed by atoms with van der Waals surface area (Å²) in [5, 5.41) is 15.7. The summed E-state index contributed by atoms with van der Waals surface area (Å²) in [6, 6.07) is -0.834. The number of rotatable bonds is 15. The molecular formula is C28H49BN6O6. The van der Waals surface area contributed by atoms with E-state index in [-0.39, 0.29) is 54.1 Å². The maximum Gasteiger partial charge on any atom is 0.481 e. The second-order valence-electron chi connectivity index (χ2n) is 13.0. The van der Waals surface area contributed by atoms with Crippen LogP contribution in [0.1, 0.15) is 92.9 Å². The van der Waals surface area contributed by atoms with Crippen LogP contribution in [0.4, 0.5) is 0 Å². The van der Waals surface area contributed by atoms with Gasteiger partial charge in [0.2, 0.25) is 11.8 Å². The first-order valence-electron chi connectivity index (χ1n) is 15.1. The summed E-state index contributed by atoms with van der Waals surface area (Å²) in [7, 11) is -0.575. The highest BCUT2D eigenvalue weighted by Crippen LogP contribution is 2.65. The SMILES string of the molecule is CCCC/C=C/C(=O)N[C@@H](CCCN=C(N)N[N+](=O)[O-])C(=O)N[C@@H](CC(C)C)B1O[C@@H]2C[C@H]3C[C@H](C3(C)C)[C@]2(C)O1. The van der Waals surface area contributed by atoms with Gasteiger partial charge in [0.25, 0.3) is 5.96 Å². The highest BCUT2D eigenvalue weighted by atomic mass is 16.7. The van der Waals surface area contributed by atoms with Gasteiger partial charge in [-0.25, -0.2) is 15.1 Å². The number of hydrogen-bond donors (Lipinski definition) is 4. The van der Waals surface area contributed by atoms with Gasteiger partial charge in [-0.1, -0.05) is 59.0 Å². The van der Waals surface area contributed by atoms with Gasteiger partial charge in [0.05, 0.1) is 17.6 Å². The van der Waals surface area contributed by atoms with Crippen molar-refractivity contribution in [2.24, 2.45) is 33.9 Å². The molecule has 1 heterocycles. The Morgan fingerprint density at radius 2 is 1.95 bits per heavy atom. The second-order valence-corrected chi connectivity index (χ2v) is 13.0. The lowest BCUT2D eigenvalue weighted by Gasteiger charge is -2.64. The molecule has 0 aromatic rings. The fourth-order valence-electron chi connectivity index (χ4n) is 6.73. The summed E-state index contributed by atoms with van der Waals surface area (Å²) in [4.78, 5) is 40.7. The number of carbonyl (C=O) groups is 2. The average Bonchev–Trinajstić information content (AvgIpc) is 3.24. The molecule has 0 radical (unpaired) electrons. The van der Waals surface area contributed by atoms with E-state index < -0.39 is 23.8 Å². The van der Waals surface area contributed by atoms with Crippen LogP contribution in [0.2, 0.25) is 0 Å². The number of guanidine groups is 1. The number of amides is 2. The summed E-state index contributed by atoms with van der Waals surface area (Å²) in [5.74, 6) is -0.0901. The number of nitrogens with zero attached hydrogens (tertiary/aromatic N) is 2. The van der Waals surface area contributed by atoms with Crippen LogP contribution in [0.15, 0.2) is 17.1 Å². The van der Waals surface area contributed by atoms with E-state index in [0.717, 1.165) is 32.1 Å². The van der Waals surface area contributed by atoms with Crippen LogP contribution in [0.25, 0.3) is 0 Å². The van der Waals surface area contributed by atoms with Crippen molar-refractivity contribution in [3.05, 3.63) is 22.3 Å². The minimum absolute atomic E-state index is 0.00399. The Bertz CT molecular complexity index is 1010. The molecule has 0 aromatic heterocycles. The van der Waals surface area contributed by atoms with E-state index in [2.05, 4.69) is 57.2 Å². The topological polar surface area (TPSA) is 170 Å². The van der Waals surface area contributed by atoms with E-state index in [0.29, 0.717) is 24.7 Å². The van der Waals surface area contributed by atoms with Gasteiger partial charge < -0.3 is 25.7 Å². The molecular weight excluding hydrogens is 527 g/mol. The Morgan fingerprint density at radius 1 is 1.22 bits per heavy atom. The van der Waals surface area contributed by atoms with Gasteiger partial charge in [0.15, 0.2) is 5.03 Å². The minimum Gasteiger partial charge on any atom is -0.404 e. The molecule has 0 aromatic carbocycles. The Hall–Kier alpha value is -2.67. The maximum absolute atomic E-state index is 13.6. The fourth-order valence-corrected chi connectivity index (χ4v) is 6.73. The van der Waals surface area contributed by atoms with Gasteiger partial charge in [-0.3, -0.25) is 9.59 Å². The molecule has 2 bridgehead atoms. The van der Waals surface area contributed by atoms with E-state index in [9.17, 15) is 19.7 Å². The third-order valence-electron chi connectivity index (χ3n) is 9.12. The van der Waals surface area contributed by atoms with Crippen LogP contribution in [0, 0.1) is 33.3 Å². The first-order chi connectivity index (χ1) is 19.3. The van der Waals surface area contributed by atoms with E-state index >= 15 is 0 Å². The zero-order chi connectivity index (χ0) is 30.4. The van der Waals surface area contributed by atoms with Crippen molar-refractivity contribution in [3.8, 4) is 0 Å². The molecule has 41 heavy (non-hydrogen) atoms. The van der Waals surface area contributed by atoms with Gasteiger partial charge >= 0.3 is 7.12 Å². The Labute approximate surface area is 244 Å². The van der Waals surface area contributed by atoms with Crippen LogP contribution in [-0.4, -0.2) is 60.2 Å². The standard InChI is InChI=1S/C28H49BN6O6/c1-7-8-9-10-13-24(36)32-20(12-11-14-31-26(30)34-35(38)39)25(37)33-23(15-18(2)3)29-40-22-17-19-16-21(27(19,4)5)28(22,6)41-29/h10,13,18-23H,7-9,11-12,14-17H2,1-6H3,(H,32,36)(H,33,37)(H3,30,31,34)/b13-10+/t19-,20+,21-,22-,23+,28+/m1/s1. The highest BCUT2D eigenvalue weighted by Gasteiger charge is 2.68. The predicted molar refractivity (Wildman–Crippen MR) is 158 cm³/mol. The third-order valence-corrected chi connectivity index (χ3v) is 9.12. The van der Waals surface area contributed by atoms with Gasteiger partial charge in [-0.2, -0.15) is 0 Å². The number of hydrogen-bond acceptors (Lipinski definition) is 7. The molecule has 0 spiro atoms. The van der Waals surface area contributed by atoms with Crippen molar-refractivity contribution in [1.29, 1.82) is 0 Å². The molecule has 4 fully saturated rings. The van der Waals surface area contributed by atoms with Crippen molar-refractivity contribution in [1.82, 2.24) is 16.1 Å². The van der Waals surface area contributed by atoms with Crippen LogP contribution in [0.3, 0.4) is 0 Å². The lowest BCUT2D eigenvalue weighted by atomic mass is 9.43. The Morgan fingerprint density at radius 3 is 2.59 bits per heavy atom. The Kier molecular flexibility index (Phi) is 11.2. The molecule has 4 aliphatic rings. The molecule has 5 N–H and O–H groups in total. The number of unbranched alkanes of at least 4 members (excludes halogenated alkanes) is 2. The fraction of sp³-hybridized carbons (Fsp3) is 0.821. The monoisotopic (exact) mass is 576 g/mol. The van der Waals surface area contributed by atoms with E-state index in [1.54, 1.807) is 11.5 Å². The number of hydrazine groups is 1. The van der Waals surface area contributed by atoms with Crippen LogP contribution in [0.5, 0.6) is 0 Å². The number of nitrogens with two attached hydrogens (primary N) is 1. The summed E-state index contributed by atoms with van der Waals surface area (Å²) in [5.41, 5.74) is 7.10. The zero-order valence-corrected chi connectivity index (χ0v) is 25.5. The molecule has 3 aliphatic carbocycles. The molecule has 4 rings (SSSR count). The Balaban J connectivity index is 1.69. The number of nitro groups is 1. The molecule has 1 saturated heterocycles. The third kappa shape index (κ3) is 8.21. The normalized spacial score (nSPS) is 28.1. The van der Waals surface area contributed by atoms with Crippen molar-refractivity contribution < 1.29 is 23.9 Å². The van der Waals surface area contributed by atoms with E-state index in [1.165, 1.54) is 6.08 Å². The molecule has 230 valence electrons. The van der Waals surface area contributed by atoms with Crippen molar-refractivity contribution >= 4 is 24.9 Å². The van der Waals surface area contributed by atoms with Crippen molar-refractivity contribution in [3.63, 3.8) is 0 Å². The molecule has 3 saturated carbocycles. The first kappa shape index (κ1) is 32.8.